The molecule has 1 aromatic rings. The largest absolute Gasteiger partial charge is 0.241 e. The van der Waals surface area contributed by atoms with E-state index in [4.69, 9.17) is 0 Å². The predicted molar refractivity (Wildman–Crippen MR) is 70.8 cm³/mol. The topological polar surface area (TPSA) is 46.2 Å². The van der Waals surface area contributed by atoms with Gasteiger partial charge in [0, 0.05) is 6.04 Å². The van der Waals surface area contributed by atoms with Gasteiger partial charge < -0.3 is 0 Å². The fourth-order valence-corrected chi connectivity index (χ4v) is 4.83. The second-order valence-corrected chi connectivity index (χ2v) is 7.12. The summed E-state index contributed by atoms with van der Waals surface area (Å²) in [4.78, 5) is 0.469. The Balaban J connectivity index is 1.90. The molecular weight excluding hydrogens is 246 g/mol. The van der Waals surface area contributed by atoms with Crippen LogP contribution in [0.4, 0.5) is 0 Å². The van der Waals surface area contributed by atoms with Crippen molar-refractivity contribution in [1.82, 2.24) is 4.72 Å². The molecule has 98 valence electrons. The van der Waals surface area contributed by atoms with Crippen molar-refractivity contribution in [2.45, 2.75) is 49.5 Å². The lowest BCUT2D eigenvalue weighted by molar-refractivity contribution is 0.285. The highest BCUT2D eigenvalue weighted by Crippen LogP contribution is 2.32. The van der Waals surface area contributed by atoms with E-state index >= 15 is 0 Å². The summed E-state index contributed by atoms with van der Waals surface area (Å²) in [6, 6.07) is 7.47. The quantitative estimate of drug-likeness (QED) is 0.848. The van der Waals surface area contributed by atoms with Crippen LogP contribution in [0.25, 0.3) is 0 Å². The van der Waals surface area contributed by atoms with Gasteiger partial charge >= 0.3 is 0 Å². The standard InChI is InChI=1S/C14H19NO2S/c16-18(17)14-9-5-4-8-12(14)10-13(15-18)11-6-2-1-3-7-11/h4-5,8-9,11,13,15H,1-3,6-7,10H2. The van der Waals surface area contributed by atoms with Gasteiger partial charge in [-0.3, -0.25) is 0 Å². The monoisotopic (exact) mass is 265 g/mol. The number of hydrogen-bond acceptors (Lipinski definition) is 2. The highest BCUT2D eigenvalue weighted by atomic mass is 32.2. The van der Waals surface area contributed by atoms with Gasteiger partial charge in [-0.15, -0.1) is 0 Å². The summed E-state index contributed by atoms with van der Waals surface area (Å²) in [5, 5.41) is 0. The highest BCUT2D eigenvalue weighted by Gasteiger charge is 2.34. The molecule has 1 fully saturated rings. The maximum absolute atomic E-state index is 12.2. The third kappa shape index (κ3) is 2.19. The minimum Gasteiger partial charge on any atom is -0.207 e. The average molecular weight is 265 g/mol. The maximum atomic E-state index is 12.2. The summed E-state index contributed by atoms with van der Waals surface area (Å²) in [6.07, 6.45) is 6.95. The number of sulfonamides is 1. The summed E-state index contributed by atoms with van der Waals surface area (Å²) in [5.41, 5.74) is 0.979. The minimum absolute atomic E-state index is 0.102. The van der Waals surface area contributed by atoms with Crippen LogP contribution < -0.4 is 4.72 Å². The molecule has 0 aromatic heterocycles. The molecule has 2 aliphatic rings. The highest BCUT2D eigenvalue weighted by molar-refractivity contribution is 7.89. The Morgan fingerprint density at radius 2 is 1.78 bits per heavy atom. The van der Waals surface area contributed by atoms with E-state index in [1.807, 2.05) is 12.1 Å². The molecule has 3 nitrogen and oxygen atoms in total. The Kier molecular flexibility index (Phi) is 3.16. The van der Waals surface area contributed by atoms with Gasteiger partial charge in [0.25, 0.3) is 0 Å². The minimum atomic E-state index is -3.29. The first-order chi connectivity index (χ1) is 8.67. The summed E-state index contributed by atoms with van der Waals surface area (Å²) in [5.74, 6) is 0.516. The first-order valence-electron chi connectivity index (χ1n) is 6.77. The molecule has 1 N–H and O–H groups in total. The molecule has 1 aliphatic carbocycles. The molecule has 0 amide bonds. The second kappa shape index (κ2) is 4.67. The summed E-state index contributed by atoms with van der Waals surface area (Å²) in [6.45, 7) is 0. The average Bonchev–Trinajstić information content (AvgIpc) is 2.39. The van der Waals surface area contributed by atoms with E-state index in [0.29, 0.717) is 10.8 Å². The van der Waals surface area contributed by atoms with Gasteiger partial charge in [0.2, 0.25) is 10.0 Å². The summed E-state index contributed by atoms with van der Waals surface area (Å²) >= 11 is 0. The van der Waals surface area contributed by atoms with E-state index in [9.17, 15) is 8.42 Å². The maximum Gasteiger partial charge on any atom is 0.241 e. The molecule has 1 atom stereocenters. The van der Waals surface area contributed by atoms with Crippen LogP contribution in [0.2, 0.25) is 0 Å². The van der Waals surface area contributed by atoms with Crippen LogP contribution in [-0.4, -0.2) is 14.5 Å². The van der Waals surface area contributed by atoms with Crippen molar-refractivity contribution in [1.29, 1.82) is 0 Å². The number of nitrogens with one attached hydrogen (secondary N) is 1. The molecule has 1 unspecified atom stereocenters. The van der Waals surface area contributed by atoms with Gasteiger partial charge in [-0.05, 0) is 36.8 Å². The first kappa shape index (κ1) is 12.2. The van der Waals surface area contributed by atoms with Gasteiger partial charge in [-0.1, -0.05) is 37.5 Å². The summed E-state index contributed by atoms with van der Waals surface area (Å²) in [7, 11) is -3.29. The fraction of sp³-hybridized carbons (Fsp3) is 0.571. The van der Waals surface area contributed by atoms with E-state index in [1.54, 1.807) is 12.1 Å². The third-order valence-electron chi connectivity index (χ3n) is 4.23. The lowest BCUT2D eigenvalue weighted by Gasteiger charge is -2.34. The summed E-state index contributed by atoms with van der Waals surface area (Å²) < 4.78 is 27.3. The van der Waals surface area contributed by atoms with Crippen LogP contribution in [0.15, 0.2) is 29.2 Å². The van der Waals surface area contributed by atoms with Crippen LogP contribution in [0, 0.1) is 5.92 Å². The number of rotatable bonds is 1. The van der Waals surface area contributed by atoms with Crippen molar-refractivity contribution in [2.75, 3.05) is 0 Å². The lowest BCUT2D eigenvalue weighted by Crippen LogP contribution is -2.46. The molecular formula is C14H19NO2S. The molecule has 1 aliphatic heterocycles. The van der Waals surface area contributed by atoms with Gasteiger partial charge in [0.15, 0.2) is 0 Å². The van der Waals surface area contributed by atoms with Crippen LogP contribution >= 0.6 is 0 Å². The molecule has 0 bridgehead atoms. The zero-order valence-electron chi connectivity index (χ0n) is 10.4. The van der Waals surface area contributed by atoms with Crippen molar-refractivity contribution < 1.29 is 8.42 Å². The smallest absolute Gasteiger partial charge is 0.207 e. The van der Waals surface area contributed by atoms with Gasteiger partial charge in [0.1, 0.15) is 0 Å². The predicted octanol–water partition coefficient (Wildman–Crippen LogP) is 2.47. The van der Waals surface area contributed by atoms with Crippen molar-refractivity contribution >= 4 is 10.0 Å². The van der Waals surface area contributed by atoms with Crippen molar-refractivity contribution in [3.05, 3.63) is 29.8 Å². The van der Waals surface area contributed by atoms with E-state index in [1.165, 1.54) is 19.3 Å². The van der Waals surface area contributed by atoms with Crippen LogP contribution in [0.3, 0.4) is 0 Å². The van der Waals surface area contributed by atoms with Crippen molar-refractivity contribution in [2.24, 2.45) is 5.92 Å². The van der Waals surface area contributed by atoms with E-state index in [-0.39, 0.29) is 6.04 Å². The van der Waals surface area contributed by atoms with Crippen molar-refractivity contribution in [3.63, 3.8) is 0 Å². The Labute approximate surface area is 109 Å². The molecule has 18 heavy (non-hydrogen) atoms. The Hall–Kier alpha value is -0.870. The Bertz CT molecular complexity index is 532. The van der Waals surface area contributed by atoms with Crippen LogP contribution in [0.1, 0.15) is 37.7 Å². The number of hydrogen-bond donors (Lipinski definition) is 1. The fourth-order valence-electron chi connectivity index (χ4n) is 3.28. The van der Waals surface area contributed by atoms with E-state index in [2.05, 4.69) is 4.72 Å². The molecule has 3 rings (SSSR count). The second-order valence-electron chi connectivity index (χ2n) is 5.44. The van der Waals surface area contributed by atoms with Gasteiger partial charge in [-0.25, -0.2) is 13.1 Å². The first-order valence-corrected chi connectivity index (χ1v) is 8.25. The molecule has 1 heterocycles. The van der Waals surface area contributed by atoms with Gasteiger partial charge in [-0.2, -0.15) is 0 Å². The van der Waals surface area contributed by atoms with Gasteiger partial charge in [0.05, 0.1) is 4.90 Å². The van der Waals surface area contributed by atoms with Crippen LogP contribution in [-0.2, 0) is 16.4 Å². The van der Waals surface area contributed by atoms with Crippen molar-refractivity contribution in [3.8, 4) is 0 Å². The zero-order chi connectivity index (χ0) is 12.6. The third-order valence-corrected chi connectivity index (χ3v) is 5.82. The molecule has 4 heteroatoms. The molecule has 0 spiro atoms. The Morgan fingerprint density at radius 3 is 2.56 bits per heavy atom. The molecule has 1 saturated carbocycles. The van der Waals surface area contributed by atoms with E-state index in [0.717, 1.165) is 24.8 Å². The SMILES string of the molecule is O=S1(=O)NC(C2CCCCC2)Cc2ccccc21. The number of benzene rings is 1. The Morgan fingerprint density at radius 1 is 1.06 bits per heavy atom. The lowest BCUT2D eigenvalue weighted by atomic mass is 9.82. The molecule has 1 aromatic carbocycles. The molecule has 0 saturated heterocycles. The van der Waals surface area contributed by atoms with Crippen LogP contribution in [0.5, 0.6) is 0 Å². The number of fused-ring (bicyclic) bond motifs is 1. The van der Waals surface area contributed by atoms with E-state index < -0.39 is 10.0 Å². The zero-order valence-corrected chi connectivity index (χ0v) is 11.2. The normalized spacial score (nSPS) is 27.7. The molecule has 0 radical (unpaired) electrons.